The molecule has 1 aliphatic carbocycles. The van der Waals surface area contributed by atoms with Crippen LogP contribution in [0.1, 0.15) is 43.3 Å². The molecule has 3 aromatic rings. The quantitative estimate of drug-likeness (QED) is 0.479. The molecule has 7 nitrogen and oxygen atoms in total. The first kappa shape index (κ1) is 21.5. The van der Waals surface area contributed by atoms with Gasteiger partial charge >= 0.3 is 0 Å². The van der Waals surface area contributed by atoms with Gasteiger partial charge in [-0.15, -0.1) is 10.2 Å². The van der Waals surface area contributed by atoms with Gasteiger partial charge in [0.2, 0.25) is 5.91 Å². The second-order valence-electron chi connectivity index (χ2n) is 8.82. The van der Waals surface area contributed by atoms with Crippen molar-refractivity contribution in [3.05, 3.63) is 53.8 Å². The maximum absolute atomic E-state index is 14.4. The smallest absolute Gasteiger partial charge is 0.233 e. The van der Waals surface area contributed by atoms with E-state index >= 15 is 0 Å². The summed E-state index contributed by atoms with van der Waals surface area (Å²) < 4.78 is 27.8. The number of amides is 1. The van der Waals surface area contributed by atoms with E-state index in [9.17, 15) is 9.18 Å². The van der Waals surface area contributed by atoms with Crippen molar-refractivity contribution < 1.29 is 18.7 Å². The molecule has 0 radical (unpaired) electrons. The molecule has 2 fully saturated rings. The summed E-state index contributed by atoms with van der Waals surface area (Å²) in [4.78, 5) is 15.2. The van der Waals surface area contributed by atoms with Gasteiger partial charge in [-0.1, -0.05) is 30.0 Å². The molecule has 0 unspecified atom stereocenters. The Bertz CT molecular complexity index is 1230. The Hall–Kier alpha value is -3.07. The molecule has 2 aliphatic heterocycles. The number of aromatic nitrogens is 3. The van der Waals surface area contributed by atoms with Crippen molar-refractivity contribution in [1.29, 1.82) is 0 Å². The number of nitrogens with zero attached hydrogens (tertiary/aromatic N) is 4. The third kappa shape index (κ3) is 4.02. The second-order valence-corrected chi connectivity index (χ2v) is 9.77. The van der Waals surface area contributed by atoms with Crippen LogP contribution in [-0.4, -0.2) is 51.1 Å². The van der Waals surface area contributed by atoms with Gasteiger partial charge in [-0.2, -0.15) is 0 Å². The number of likely N-dealkylation sites (tertiary alicyclic amines) is 1. The summed E-state index contributed by atoms with van der Waals surface area (Å²) in [5, 5.41) is 9.29. The average Bonchev–Trinajstić information content (AvgIpc) is 3.42. The molecule has 34 heavy (non-hydrogen) atoms. The molecule has 176 valence electrons. The van der Waals surface area contributed by atoms with Crippen LogP contribution in [0.2, 0.25) is 0 Å². The lowest BCUT2D eigenvalue weighted by Crippen LogP contribution is -2.32. The Morgan fingerprint density at radius 3 is 2.71 bits per heavy atom. The molecule has 0 bridgehead atoms. The van der Waals surface area contributed by atoms with E-state index in [-0.39, 0.29) is 29.6 Å². The minimum absolute atomic E-state index is 0.0270. The third-order valence-electron chi connectivity index (χ3n) is 6.54. The van der Waals surface area contributed by atoms with Gasteiger partial charge in [-0.05, 0) is 55.5 Å². The fraction of sp³-hybridized carbons (Fsp3) is 0.400. The SMILES string of the molecule is O=C(CSc1nnc(-c2ccccc2F)n1C1CC1)N1CCC[C@@H]1c1ccc2c(c1)OCCO2. The summed E-state index contributed by atoms with van der Waals surface area (Å²) >= 11 is 1.38. The van der Waals surface area contributed by atoms with Gasteiger partial charge in [0.15, 0.2) is 22.5 Å². The molecular weight excluding hydrogens is 455 g/mol. The topological polar surface area (TPSA) is 69.5 Å². The Morgan fingerprint density at radius 2 is 1.88 bits per heavy atom. The zero-order valence-corrected chi connectivity index (χ0v) is 19.5. The maximum atomic E-state index is 14.4. The predicted octanol–water partition coefficient (Wildman–Crippen LogP) is 4.65. The van der Waals surface area contributed by atoms with Crippen LogP contribution in [-0.2, 0) is 4.79 Å². The minimum atomic E-state index is -0.316. The highest BCUT2D eigenvalue weighted by Crippen LogP contribution is 2.42. The van der Waals surface area contributed by atoms with E-state index in [0.29, 0.717) is 29.8 Å². The molecule has 1 saturated heterocycles. The first-order valence-corrected chi connectivity index (χ1v) is 12.7. The summed E-state index contributed by atoms with van der Waals surface area (Å²) in [6.45, 7) is 1.83. The minimum Gasteiger partial charge on any atom is -0.486 e. The zero-order valence-electron chi connectivity index (χ0n) is 18.7. The fourth-order valence-corrected chi connectivity index (χ4v) is 5.64. The van der Waals surface area contributed by atoms with Crippen LogP contribution >= 0.6 is 11.8 Å². The molecule has 1 atom stereocenters. The summed E-state index contributed by atoms with van der Waals surface area (Å²) in [7, 11) is 0. The summed E-state index contributed by atoms with van der Waals surface area (Å²) in [5.74, 6) is 2.06. The van der Waals surface area contributed by atoms with Gasteiger partial charge in [-0.25, -0.2) is 4.39 Å². The monoisotopic (exact) mass is 480 g/mol. The molecule has 3 heterocycles. The van der Waals surface area contributed by atoms with Crippen LogP contribution in [0.3, 0.4) is 0 Å². The molecule has 9 heteroatoms. The van der Waals surface area contributed by atoms with E-state index in [2.05, 4.69) is 10.2 Å². The van der Waals surface area contributed by atoms with Crippen LogP contribution in [0.15, 0.2) is 47.6 Å². The molecule has 0 spiro atoms. The lowest BCUT2D eigenvalue weighted by molar-refractivity contribution is -0.129. The molecule has 1 aromatic heterocycles. The number of ether oxygens (including phenoxy) is 2. The number of halogens is 1. The number of hydrogen-bond acceptors (Lipinski definition) is 6. The molecule has 2 aromatic carbocycles. The van der Waals surface area contributed by atoms with Crippen molar-refractivity contribution >= 4 is 17.7 Å². The fourth-order valence-electron chi connectivity index (χ4n) is 4.75. The van der Waals surface area contributed by atoms with Crippen LogP contribution < -0.4 is 9.47 Å². The Kier molecular flexibility index (Phi) is 5.64. The van der Waals surface area contributed by atoms with Crippen molar-refractivity contribution in [2.45, 2.75) is 42.9 Å². The maximum Gasteiger partial charge on any atom is 0.233 e. The van der Waals surface area contributed by atoms with Crippen molar-refractivity contribution in [1.82, 2.24) is 19.7 Å². The number of hydrogen-bond donors (Lipinski definition) is 0. The number of rotatable bonds is 6. The van der Waals surface area contributed by atoms with Crippen molar-refractivity contribution in [2.75, 3.05) is 25.5 Å². The molecular formula is C25H25FN4O3S. The van der Waals surface area contributed by atoms with E-state index in [1.165, 1.54) is 17.8 Å². The Balaban J connectivity index is 1.19. The van der Waals surface area contributed by atoms with Gasteiger partial charge in [0.25, 0.3) is 0 Å². The number of thioether (sulfide) groups is 1. The predicted molar refractivity (Wildman–Crippen MR) is 126 cm³/mol. The van der Waals surface area contributed by atoms with Crippen LogP contribution in [0.25, 0.3) is 11.4 Å². The molecule has 0 N–H and O–H groups in total. The lowest BCUT2D eigenvalue weighted by atomic mass is 10.0. The summed E-state index contributed by atoms with van der Waals surface area (Å²) in [5.41, 5.74) is 1.52. The molecule has 3 aliphatic rings. The molecule has 6 rings (SSSR count). The number of fused-ring (bicyclic) bond motifs is 1. The van der Waals surface area contributed by atoms with Gasteiger partial charge in [-0.3, -0.25) is 9.36 Å². The number of benzene rings is 2. The van der Waals surface area contributed by atoms with E-state index in [1.807, 2.05) is 27.7 Å². The summed E-state index contributed by atoms with van der Waals surface area (Å²) in [6, 6.07) is 12.9. The van der Waals surface area contributed by atoms with Crippen molar-refractivity contribution in [3.63, 3.8) is 0 Å². The number of carbonyl (C=O) groups excluding carboxylic acids is 1. The summed E-state index contributed by atoms with van der Waals surface area (Å²) in [6.07, 6.45) is 3.91. The van der Waals surface area contributed by atoms with E-state index in [4.69, 9.17) is 9.47 Å². The standard InChI is InChI=1S/C25H25FN4O3S/c26-19-5-2-1-4-18(19)24-27-28-25(30(24)17-8-9-17)34-15-23(31)29-11-3-6-20(29)16-7-10-21-22(14-16)33-13-12-32-21/h1-2,4-5,7,10,14,17,20H,3,6,8-9,11-13,15H2/t20-/m1/s1. The number of carbonyl (C=O) groups is 1. The van der Waals surface area contributed by atoms with Gasteiger partial charge < -0.3 is 14.4 Å². The Morgan fingerprint density at radius 1 is 1.06 bits per heavy atom. The van der Waals surface area contributed by atoms with Gasteiger partial charge in [0.1, 0.15) is 19.0 Å². The average molecular weight is 481 g/mol. The molecule has 1 saturated carbocycles. The third-order valence-corrected chi connectivity index (χ3v) is 7.47. The highest BCUT2D eigenvalue weighted by atomic mass is 32.2. The van der Waals surface area contributed by atoms with Gasteiger partial charge in [0, 0.05) is 12.6 Å². The van der Waals surface area contributed by atoms with Crippen LogP contribution in [0.4, 0.5) is 4.39 Å². The zero-order chi connectivity index (χ0) is 23.1. The van der Waals surface area contributed by atoms with Crippen molar-refractivity contribution in [2.24, 2.45) is 0 Å². The largest absolute Gasteiger partial charge is 0.486 e. The van der Waals surface area contributed by atoms with Crippen LogP contribution in [0, 0.1) is 5.82 Å². The van der Waals surface area contributed by atoms with E-state index in [0.717, 1.165) is 49.3 Å². The van der Waals surface area contributed by atoms with Gasteiger partial charge in [0.05, 0.1) is 17.4 Å². The van der Waals surface area contributed by atoms with Crippen molar-refractivity contribution in [3.8, 4) is 22.9 Å². The lowest BCUT2D eigenvalue weighted by Gasteiger charge is -2.26. The normalized spacial score (nSPS) is 19.4. The molecule has 1 amide bonds. The second kappa shape index (κ2) is 8.94. The van der Waals surface area contributed by atoms with Crippen LogP contribution in [0.5, 0.6) is 11.5 Å². The first-order valence-electron chi connectivity index (χ1n) is 11.7. The highest BCUT2D eigenvalue weighted by Gasteiger charge is 2.33. The first-order chi connectivity index (χ1) is 16.7. The Labute approximate surface area is 201 Å². The highest BCUT2D eigenvalue weighted by molar-refractivity contribution is 7.99. The van der Waals surface area contributed by atoms with E-state index < -0.39 is 0 Å². The van der Waals surface area contributed by atoms with E-state index in [1.54, 1.807) is 18.2 Å².